The molecule has 3 aromatic carbocycles. The maximum absolute atomic E-state index is 7.79. The first kappa shape index (κ1) is 72.3. The van der Waals surface area contributed by atoms with Crippen LogP contribution in [0.15, 0.2) is 72.8 Å². The average Bonchev–Trinajstić information content (AvgIpc) is 1.58. The summed E-state index contributed by atoms with van der Waals surface area (Å²) < 4.78 is 18.4. The van der Waals surface area contributed by atoms with Gasteiger partial charge in [0, 0.05) is 72.1 Å². The maximum Gasteiger partial charge on any atom is 0.135 e. The maximum atomic E-state index is 7.79. The van der Waals surface area contributed by atoms with Gasteiger partial charge in [-0.3, -0.25) is 0 Å². The monoisotopic (exact) mass is 1370 g/mol. The molecule has 8 heteroatoms. The quantitative estimate of drug-likeness (QED) is 0.0357. The molecule has 8 aromatic rings. The fourth-order valence-corrected chi connectivity index (χ4v) is 23.1. The zero-order valence-electron chi connectivity index (χ0n) is 60.5. The molecule has 0 unspecified atom stereocenters. The number of fused-ring (bicyclic) bond motifs is 10. The molecule has 3 nitrogen and oxygen atoms in total. The number of hydrogen-bond donors (Lipinski definition) is 0. The van der Waals surface area contributed by atoms with Gasteiger partial charge in [0.2, 0.25) is 0 Å². The molecule has 0 radical (unpaired) electrons. The Morgan fingerprint density at radius 3 is 1.09 bits per heavy atom. The van der Waals surface area contributed by atoms with Crippen molar-refractivity contribution >= 4 is 68.1 Å². The third kappa shape index (κ3) is 16.5. The number of rotatable bonds is 45. The molecule has 95 heavy (non-hydrogen) atoms. The Balaban J connectivity index is 0.964. The van der Waals surface area contributed by atoms with Crippen molar-refractivity contribution < 1.29 is 4.74 Å². The van der Waals surface area contributed by atoms with E-state index in [9.17, 15) is 0 Å². The Morgan fingerprint density at radius 2 is 0.663 bits per heavy atom. The van der Waals surface area contributed by atoms with E-state index < -0.39 is 0 Å². The molecule has 0 fully saturated rings. The van der Waals surface area contributed by atoms with Crippen LogP contribution in [0.3, 0.4) is 0 Å². The summed E-state index contributed by atoms with van der Waals surface area (Å²) >= 11 is 9.65. The molecule has 2 aliphatic carbocycles. The van der Waals surface area contributed by atoms with Gasteiger partial charge >= 0.3 is 0 Å². The fourth-order valence-electron chi connectivity index (χ4n) is 17.3. The predicted molar refractivity (Wildman–Crippen MR) is 423 cm³/mol. The minimum absolute atomic E-state index is 0.0258. The summed E-state index contributed by atoms with van der Waals surface area (Å²) in [6.45, 7) is 18.7. The molecular weight excluding hydrogens is 1250 g/mol. The number of nitrogens with zero attached hydrogens (tertiary/aromatic N) is 2. The van der Waals surface area contributed by atoms with E-state index in [0.29, 0.717) is 0 Å². The molecule has 1 aliphatic heterocycles. The summed E-state index contributed by atoms with van der Waals surface area (Å²) in [4.78, 5) is 11.7. The van der Waals surface area contributed by atoms with Gasteiger partial charge in [-0.05, 0) is 135 Å². The van der Waals surface area contributed by atoms with Crippen LogP contribution in [0.25, 0.3) is 73.0 Å². The molecule has 0 spiro atoms. The van der Waals surface area contributed by atoms with Gasteiger partial charge in [0.05, 0.1) is 11.7 Å². The van der Waals surface area contributed by atoms with E-state index in [0.717, 1.165) is 29.6 Å². The van der Waals surface area contributed by atoms with Crippen LogP contribution in [0.5, 0.6) is 5.75 Å². The highest BCUT2D eigenvalue weighted by molar-refractivity contribution is 7.26. The molecule has 5 aromatic heterocycles. The van der Waals surface area contributed by atoms with Gasteiger partial charge in [-0.25, -0.2) is 0 Å². The Morgan fingerprint density at radius 1 is 0.316 bits per heavy atom. The number of hydrogen-bond acceptors (Lipinski definition) is 8. The number of thiophene rings is 4. The Bertz CT molecular complexity index is 3620. The average molecular weight is 1370 g/mol. The highest BCUT2D eigenvalue weighted by Gasteiger charge is 2.48. The van der Waals surface area contributed by atoms with E-state index in [-0.39, 0.29) is 16.4 Å². The van der Waals surface area contributed by atoms with Crippen molar-refractivity contribution in [1.29, 1.82) is 0 Å². The normalized spacial score (nSPS) is 14.5. The first-order chi connectivity index (χ1) is 46.7. The second-order valence-electron chi connectivity index (χ2n) is 29.9. The third-order valence-electron chi connectivity index (χ3n) is 22.7. The van der Waals surface area contributed by atoms with Crippen molar-refractivity contribution in [3.63, 3.8) is 0 Å². The SMILES string of the molecule is CCCCCCCCC1(CCCCCCCC)Oc2cc(-c3cc4c(s3)-c3sc(-c5ccc(-c6cc7c(s6)-c6sc(C)cc6C7(CCCCCCCC)CCCCCCCC)c6nsnc56)cc3C4(CCCCCCCC)CCCCCCCC)ccc2-c2ccc(C)cc21. The number of benzene rings is 3. The lowest BCUT2D eigenvalue weighted by atomic mass is 9.71. The lowest BCUT2D eigenvalue weighted by molar-refractivity contribution is 0.0385. The van der Waals surface area contributed by atoms with E-state index in [4.69, 9.17) is 13.5 Å². The van der Waals surface area contributed by atoms with Crippen molar-refractivity contribution in [3.8, 4) is 67.7 Å². The summed E-state index contributed by atoms with van der Waals surface area (Å²) in [5.74, 6) is 1.09. The molecule has 0 amide bonds. The molecule has 11 rings (SSSR count). The molecule has 0 saturated heterocycles. The minimum Gasteiger partial charge on any atom is -0.482 e. The van der Waals surface area contributed by atoms with Crippen LogP contribution in [-0.4, -0.2) is 8.75 Å². The zero-order valence-corrected chi connectivity index (χ0v) is 64.6. The number of aromatic nitrogens is 2. The van der Waals surface area contributed by atoms with Crippen molar-refractivity contribution in [2.75, 3.05) is 0 Å². The first-order valence-electron chi connectivity index (χ1n) is 39.4. The number of unbranched alkanes of at least 4 members (excludes halogenated alkanes) is 30. The van der Waals surface area contributed by atoms with Gasteiger partial charge in [0.15, 0.2) is 0 Å². The lowest BCUT2D eigenvalue weighted by Gasteiger charge is -2.41. The van der Waals surface area contributed by atoms with Crippen LogP contribution in [0.2, 0.25) is 0 Å². The molecule has 6 heterocycles. The molecule has 0 saturated carbocycles. The largest absolute Gasteiger partial charge is 0.482 e. The topological polar surface area (TPSA) is 35.0 Å². The van der Waals surface area contributed by atoms with E-state index >= 15 is 0 Å². The Hall–Kier alpha value is -3.92. The summed E-state index contributed by atoms with van der Waals surface area (Å²) in [5, 5.41) is 0. The molecule has 0 atom stereocenters. The second-order valence-corrected chi connectivity index (χ2v) is 34.9. The highest BCUT2D eigenvalue weighted by atomic mass is 32.1. The fraction of sp³-hybridized carbons (Fsp3) is 0.609. The van der Waals surface area contributed by atoms with E-state index in [1.165, 1.54) is 337 Å². The molecule has 0 N–H and O–H groups in total. The number of aryl methyl sites for hydroxylation is 2. The zero-order chi connectivity index (χ0) is 66.0. The number of ether oxygens (including phenoxy) is 1. The van der Waals surface area contributed by atoms with E-state index in [2.05, 4.69) is 174 Å². The van der Waals surface area contributed by atoms with Crippen LogP contribution >= 0.6 is 57.1 Å². The highest BCUT2D eigenvalue weighted by Crippen LogP contribution is 2.64. The van der Waals surface area contributed by atoms with Crippen LogP contribution < -0.4 is 4.74 Å². The summed E-state index contributed by atoms with van der Waals surface area (Å²) in [6.07, 6.45) is 54.6. The van der Waals surface area contributed by atoms with Gasteiger partial charge in [-0.15, -0.1) is 45.3 Å². The first-order valence-corrected chi connectivity index (χ1v) is 43.4. The molecule has 0 bridgehead atoms. The van der Waals surface area contributed by atoms with Gasteiger partial charge in [-0.1, -0.05) is 302 Å². The van der Waals surface area contributed by atoms with E-state index in [1.54, 1.807) is 32.0 Å². The van der Waals surface area contributed by atoms with Crippen LogP contribution in [0.4, 0.5) is 0 Å². The van der Waals surface area contributed by atoms with Crippen molar-refractivity contribution in [1.82, 2.24) is 8.75 Å². The van der Waals surface area contributed by atoms with Gasteiger partial charge in [-0.2, -0.15) is 8.75 Å². The van der Waals surface area contributed by atoms with Crippen LogP contribution in [0.1, 0.15) is 349 Å². The predicted octanol–water partition coefficient (Wildman–Crippen LogP) is 30.8. The Labute approximate surface area is 597 Å². The van der Waals surface area contributed by atoms with Gasteiger partial charge < -0.3 is 4.74 Å². The smallest absolute Gasteiger partial charge is 0.135 e. The van der Waals surface area contributed by atoms with Gasteiger partial charge in [0.25, 0.3) is 0 Å². The standard InChI is InChI=1S/C87H120N2OS5/c1-9-15-21-27-33-39-51-85(52-40-34-28-22-16-10-2)71-58-64(8)91-81(71)82-73(85)61-77(93-82)68-49-50-69(80-79(68)88-95-89-80)78-62-74-84(94-78)83-72(86(74,53-41-35-29-23-17-11-3)54-42-36-30-24-18-12-4)60-76(92-83)65-46-48-67-66-47-45-63(7)57-70(66)87(90-75(67)59-65,55-43-37-31-25-19-13-5)56-44-38-32-26-20-14-6/h45-50,57-62H,9-44,51-56H2,1-8H3. The van der Waals surface area contributed by atoms with Crippen molar-refractivity contribution in [2.24, 2.45) is 0 Å². The van der Waals surface area contributed by atoms with E-state index in [1.807, 2.05) is 0 Å². The van der Waals surface area contributed by atoms with Crippen molar-refractivity contribution in [2.45, 2.75) is 341 Å². The molecule has 514 valence electrons. The third-order valence-corrected chi connectivity index (χ3v) is 28.1. The molecular formula is C87H120N2OS5. The minimum atomic E-state index is -0.315. The lowest BCUT2D eigenvalue weighted by Crippen LogP contribution is -2.36. The van der Waals surface area contributed by atoms with Crippen LogP contribution in [-0.2, 0) is 16.4 Å². The van der Waals surface area contributed by atoms with Gasteiger partial charge in [0.1, 0.15) is 22.4 Å². The second kappa shape index (κ2) is 35.4. The molecule has 3 aliphatic rings. The summed E-state index contributed by atoms with van der Waals surface area (Å²) in [5.41, 5.74) is 17.7. The van der Waals surface area contributed by atoms with Crippen LogP contribution in [0, 0.1) is 13.8 Å². The summed E-state index contributed by atoms with van der Waals surface area (Å²) in [6, 6.07) is 30.2. The van der Waals surface area contributed by atoms with Crippen molar-refractivity contribution in [3.05, 3.63) is 111 Å². The Kier molecular flexibility index (Phi) is 27.0. The summed E-state index contributed by atoms with van der Waals surface area (Å²) in [7, 11) is 0.